The maximum atomic E-state index is 11.9. The number of hydrogen-bond acceptors (Lipinski definition) is 2. The summed E-state index contributed by atoms with van der Waals surface area (Å²) in [4.78, 5) is 25.3. The van der Waals surface area contributed by atoms with Gasteiger partial charge in [-0.2, -0.15) is 0 Å². The molecule has 4 heteroatoms. The summed E-state index contributed by atoms with van der Waals surface area (Å²) in [6.45, 7) is 7.23. The van der Waals surface area contributed by atoms with Gasteiger partial charge in [0.05, 0.1) is 0 Å². The van der Waals surface area contributed by atoms with Gasteiger partial charge in [0.25, 0.3) is 5.91 Å². The topological polar surface area (TPSA) is 49.4 Å². The predicted octanol–water partition coefficient (Wildman–Crippen LogP) is 2.45. The molecule has 1 saturated heterocycles. The third-order valence-corrected chi connectivity index (χ3v) is 3.21. The highest BCUT2D eigenvalue weighted by Crippen LogP contribution is 2.11. The Labute approximate surface area is 121 Å². The number of nitrogens with zero attached hydrogens (tertiary/aromatic N) is 1. The van der Waals surface area contributed by atoms with Gasteiger partial charge in [-0.3, -0.25) is 9.59 Å². The molecule has 1 aromatic carbocycles. The maximum absolute atomic E-state index is 11.9. The Bertz CT molecular complexity index is 431. The van der Waals surface area contributed by atoms with Crippen LogP contribution in [0.3, 0.4) is 0 Å². The van der Waals surface area contributed by atoms with E-state index in [-0.39, 0.29) is 17.9 Å². The Morgan fingerprint density at radius 2 is 1.90 bits per heavy atom. The number of carbonyl (C=O) groups excluding carboxylic acids is 2. The van der Waals surface area contributed by atoms with Crippen LogP contribution in [-0.4, -0.2) is 35.8 Å². The highest BCUT2D eigenvalue weighted by atomic mass is 16.2. The summed E-state index contributed by atoms with van der Waals surface area (Å²) >= 11 is 0. The lowest BCUT2D eigenvalue weighted by Crippen LogP contribution is -2.38. The molecule has 1 aliphatic heterocycles. The van der Waals surface area contributed by atoms with E-state index in [0.29, 0.717) is 18.5 Å². The van der Waals surface area contributed by atoms with Crippen molar-refractivity contribution in [3.63, 3.8) is 0 Å². The lowest BCUT2D eigenvalue weighted by molar-refractivity contribution is -0.129. The van der Waals surface area contributed by atoms with E-state index in [1.807, 2.05) is 43.9 Å². The van der Waals surface area contributed by atoms with E-state index in [2.05, 4.69) is 5.32 Å². The lowest BCUT2D eigenvalue weighted by atomic mass is 10.2. The van der Waals surface area contributed by atoms with Crippen LogP contribution in [0.2, 0.25) is 0 Å². The van der Waals surface area contributed by atoms with E-state index in [0.717, 1.165) is 13.0 Å². The predicted molar refractivity (Wildman–Crippen MR) is 80.5 cm³/mol. The Morgan fingerprint density at radius 1 is 1.25 bits per heavy atom. The van der Waals surface area contributed by atoms with Gasteiger partial charge in [-0.1, -0.05) is 39.0 Å². The normalized spacial score (nSPS) is 17.1. The monoisotopic (exact) mass is 276 g/mol. The standard InChI is InChI=1S/C14H18N2O2.C2H6/c1-2-13(17)16-9-8-12(10-16)15-14(18)11-6-4-3-5-7-11;1-2/h3-7,12H,2,8-10H2,1H3,(H,15,18);1-2H3. The fraction of sp³-hybridized carbons (Fsp3) is 0.500. The molecule has 2 amide bonds. The average molecular weight is 276 g/mol. The molecule has 20 heavy (non-hydrogen) atoms. The molecular formula is C16H24N2O2. The molecular weight excluding hydrogens is 252 g/mol. The van der Waals surface area contributed by atoms with Gasteiger partial charge in [0, 0.05) is 31.1 Å². The van der Waals surface area contributed by atoms with Gasteiger partial charge in [0.2, 0.25) is 5.91 Å². The number of carbonyl (C=O) groups is 2. The van der Waals surface area contributed by atoms with Crippen molar-refractivity contribution in [2.45, 2.75) is 39.7 Å². The maximum Gasteiger partial charge on any atom is 0.251 e. The summed E-state index contributed by atoms with van der Waals surface area (Å²) in [5, 5.41) is 2.97. The summed E-state index contributed by atoms with van der Waals surface area (Å²) in [7, 11) is 0. The van der Waals surface area contributed by atoms with Gasteiger partial charge in [-0.15, -0.1) is 0 Å². The molecule has 0 bridgehead atoms. The third-order valence-electron chi connectivity index (χ3n) is 3.21. The molecule has 110 valence electrons. The minimum absolute atomic E-state index is 0.0635. The highest BCUT2D eigenvalue weighted by Gasteiger charge is 2.26. The smallest absolute Gasteiger partial charge is 0.251 e. The number of rotatable bonds is 3. The molecule has 1 aliphatic rings. The second kappa shape index (κ2) is 8.35. The van der Waals surface area contributed by atoms with Crippen molar-refractivity contribution in [2.24, 2.45) is 0 Å². The molecule has 1 N–H and O–H groups in total. The first-order valence-electron chi connectivity index (χ1n) is 7.34. The number of amides is 2. The van der Waals surface area contributed by atoms with Crippen LogP contribution < -0.4 is 5.32 Å². The number of benzene rings is 1. The summed E-state index contributed by atoms with van der Waals surface area (Å²) in [5.74, 6) is 0.0952. The molecule has 0 aromatic heterocycles. The largest absolute Gasteiger partial charge is 0.347 e. The van der Waals surface area contributed by atoms with Crippen LogP contribution in [0.25, 0.3) is 0 Å². The van der Waals surface area contributed by atoms with Crippen molar-refractivity contribution < 1.29 is 9.59 Å². The van der Waals surface area contributed by atoms with E-state index in [1.54, 1.807) is 12.1 Å². The van der Waals surface area contributed by atoms with Crippen molar-refractivity contribution in [2.75, 3.05) is 13.1 Å². The molecule has 1 aromatic rings. The molecule has 1 fully saturated rings. The third kappa shape index (κ3) is 4.37. The Hall–Kier alpha value is -1.84. The lowest BCUT2D eigenvalue weighted by Gasteiger charge is -2.16. The minimum Gasteiger partial charge on any atom is -0.347 e. The van der Waals surface area contributed by atoms with Crippen LogP contribution in [-0.2, 0) is 4.79 Å². The van der Waals surface area contributed by atoms with Crippen LogP contribution in [0.15, 0.2) is 30.3 Å². The number of hydrogen-bond donors (Lipinski definition) is 1. The van der Waals surface area contributed by atoms with Crippen molar-refractivity contribution in [3.8, 4) is 0 Å². The molecule has 4 nitrogen and oxygen atoms in total. The fourth-order valence-electron chi connectivity index (χ4n) is 2.19. The molecule has 0 radical (unpaired) electrons. The molecule has 1 unspecified atom stereocenters. The van der Waals surface area contributed by atoms with Crippen LogP contribution in [0.4, 0.5) is 0 Å². The Morgan fingerprint density at radius 3 is 2.50 bits per heavy atom. The molecule has 0 saturated carbocycles. The quantitative estimate of drug-likeness (QED) is 0.922. The summed E-state index contributed by atoms with van der Waals surface area (Å²) in [6, 6.07) is 9.23. The Kier molecular flexibility index (Phi) is 6.77. The molecule has 0 aliphatic carbocycles. The molecule has 1 heterocycles. The van der Waals surface area contributed by atoms with E-state index in [9.17, 15) is 9.59 Å². The van der Waals surface area contributed by atoms with Crippen LogP contribution in [0.5, 0.6) is 0 Å². The van der Waals surface area contributed by atoms with Crippen LogP contribution in [0, 0.1) is 0 Å². The van der Waals surface area contributed by atoms with Crippen molar-refractivity contribution >= 4 is 11.8 Å². The van der Waals surface area contributed by atoms with E-state index in [4.69, 9.17) is 0 Å². The highest BCUT2D eigenvalue weighted by molar-refractivity contribution is 5.94. The fourth-order valence-corrected chi connectivity index (χ4v) is 2.19. The van der Waals surface area contributed by atoms with E-state index in [1.165, 1.54) is 0 Å². The van der Waals surface area contributed by atoms with Gasteiger partial charge in [0.15, 0.2) is 0 Å². The van der Waals surface area contributed by atoms with Crippen molar-refractivity contribution in [1.82, 2.24) is 10.2 Å². The number of nitrogens with one attached hydrogen (secondary N) is 1. The molecule has 0 spiro atoms. The van der Waals surface area contributed by atoms with Crippen LogP contribution >= 0.6 is 0 Å². The zero-order valence-electron chi connectivity index (χ0n) is 12.6. The summed E-state index contributed by atoms with van der Waals surface area (Å²) < 4.78 is 0. The van der Waals surface area contributed by atoms with Gasteiger partial charge in [-0.05, 0) is 18.6 Å². The first-order chi connectivity index (χ1) is 9.70. The van der Waals surface area contributed by atoms with Gasteiger partial charge >= 0.3 is 0 Å². The first-order valence-corrected chi connectivity index (χ1v) is 7.34. The zero-order chi connectivity index (χ0) is 15.0. The minimum atomic E-state index is -0.0635. The molecule has 2 rings (SSSR count). The van der Waals surface area contributed by atoms with Crippen molar-refractivity contribution in [3.05, 3.63) is 35.9 Å². The number of likely N-dealkylation sites (tertiary alicyclic amines) is 1. The zero-order valence-corrected chi connectivity index (χ0v) is 12.6. The van der Waals surface area contributed by atoms with E-state index < -0.39 is 0 Å². The van der Waals surface area contributed by atoms with Crippen LogP contribution in [0.1, 0.15) is 44.0 Å². The van der Waals surface area contributed by atoms with Crippen molar-refractivity contribution in [1.29, 1.82) is 0 Å². The summed E-state index contributed by atoms with van der Waals surface area (Å²) in [5.41, 5.74) is 0.665. The molecule has 1 atom stereocenters. The van der Waals surface area contributed by atoms with E-state index >= 15 is 0 Å². The van der Waals surface area contributed by atoms with Gasteiger partial charge < -0.3 is 10.2 Å². The van der Waals surface area contributed by atoms with Gasteiger partial charge in [-0.25, -0.2) is 0 Å². The second-order valence-corrected chi connectivity index (χ2v) is 4.52. The van der Waals surface area contributed by atoms with Gasteiger partial charge in [0.1, 0.15) is 0 Å². The Balaban J connectivity index is 0.000000956. The first kappa shape index (κ1) is 16.2. The second-order valence-electron chi connectivity index (χ2n) is 4.52. The SMILES string of the molecule is CC.CCC(=O)N1CCC(NC(=O)c2ccccc2)C1. The average Bonchev–Trinajstić information content (AvgIpc) is 2.98. The summed E-state index contributed by atoms with van der Waals surface area (Å²) in [6.07, 6.45) is 1.36.